The van der Waals surface area contributed by atoms with Crippen LogP contribution in [0.15, 0.2) is 72.1 Å². The van der Waals surface area contributed by atoms with E-state index in [0.717, 1.165) is 16.0 Å². The van der Waals surface area contributed by atoms with Crippen molar-refractivity contribution in [3.8, 4) is 0 Å². The first-order chi connectivity index (χ1) is 12.6. The Morgan fingerprint density at radius 1 is 1.08 bits per heavy atom. The molecule has 5 heteroatoms. The molecule has 1 aromatic heterocycles. The molecule has 3 rings (SSSR count). The van der Waals surface area contributed by atoms with Crippen molar-refractivity contribution in [1.29, 1.82) is 0 Å². The number of halogens is 1. The predicted molar refractivity (Wildman–Crippen MR) is 107 cm³/mol. The summed E-state index contributed by atoms with van der Waals surface area (Å²) in [6, 6.07) is 21.9. The number of hydrogen-bond donors (Lipinski definition) is 2. The smallest absolute Gasteiger partial charge is 0.275 e. The molecule has 0 spiro atoms. The molecular weight excluding hydrogens is 364 g/mol. The summed E-state index contributed by atoms with van der Waals surface area (Å²) in [4.78, 5) is 13.7. The molecule has 2 aromatic carbocycles. The van der Waals surface area contributed by atoms with Crippen LogP contribution >= 0.6 is 22.9 Å². The Balaban J connectivity index is 1.63. The molecule has 0 aliphatic rings. The van der Waals surface area contributed by atoms with E-state index >= 15 is 0 Å². The lowest BCUT2D eigenvalue weighted by Crippen LogP contribution is -2.87. The fraction of sp³-hybridized carbons (Fsp3) is 0.190. The van der Waals surface area contributed by atoms with Crippen LogP contribution < -0.4 is 10.6 Å². The van der Waals surface area contributed by atoms with Gasteiger partial charge in [0.1, 0.15) is 6.04 Å². The van der Waals surface area contributed by atoms with Crippen LogP contribution in [-0.4, -0.2) is 12.5 Å². The van der Waals surface area contributed by atoms with E-state index in [4.69, 9.17) is 11.6 Å². The van der Waals surface area contributed by atoms with Gasteiger partial charge in [-0.15, -0.1) is 11.3 Å². The maximum atomic E-state index is 12.6. The molecule has 134 valence electrons. The Bertz CT molecular complexity index is 836. The number of rotatable bonds is 7. The summed E-state index contributed by atoms with van der Waals surface area (Å²) >= 11 is 7.70. The highest BCUT2D eigenvalue weighted by Crippen LogP contribution is 2.25. The molecule has 1 heterocycles. The van der Waals surface area contributed by atoms with E-state index in [9.17, 15) is 4.79 Å². The standard InChI is InChI=1S/C21H21ClN2OS/c1-15(17-9-5-10-18(22)13-17)23-14-20(25)24-21(19-11-6-12-26-19)16-7-3-2-4-8-16/h2-13,15,21,23H,14H2,1H3,(H,24,25)/p+1/t15-,21-/m0/s1. The quantitative estimate of drug-likeness (QED) is 0.636. The number of carbonyl (C=O) groups excluding carboxylic acids is 1. The van der Waals surface area contributed by atoms with Gasteiger partial charge in [0.25, 0.3) is 5.91 Å². The van der Waals surface area contributed by atoms with E-state index in [2.05, 4.69) is 18.3 Å². The van der Waals surface area contributed by atoms with Gasteiger partial charge in [0, 0.05) is 15.5 Å². The van der Waals surface area contributed by atoms with E-state index in [-0.39, 0.29) is 18.0 Å². The molecule has 26 heavy (non-hydrogen) atoms. The van der Waals surface area contributed by atoms with Crippen molar-refractivity contribution in [2.45, 2.75) is 19.0 Å². The van der Waals surface area contributed by atoms with E-state index in [1.165, 1.54) is 0 Å². The predicted octanol–water partition coefficient (Wildman–Crippen LogP) is 3.93. The molecule has 0 unspecified atom stereocenters. The van der Waals surface area contributed by atoms with Gasteiger partial charge in [0.15, 0.2) is 6.54 Å². The number of thiophene rings is 1. The highest BCUT2D eigenvalue weighted by atomic mass is 35.5. The van der Waals surface area contributed by atoms with Crippen LogP contribution in [0.4, 0.5) is 0 Å². The molecular formula is C21H22ClN2OS+. The van der Waals surface area contributed by atoms with Gasteiger partial charge in [-0.25, -0.2) is 0 Å². The van der Waals surface area contributed by atoms with Crippen molar-refractivity contribution in [3.05, 3.63) is 93.1 Å². The zero-order chi connectivity index (χ0) is 18.4. The van der Waals surface area contributed by atoms with Crippen LogP contribution in [-0.2, 0) is 4.79 Å². The minimum atomic E-state index is -0.112. The third-order valence-corrected chi connectivity index (χ3v) is 5.47. The second kappa shape index (κ2) is 8.99. The van der Waals surface area contributed by atoms with Gasteiger partial charge in [0.2, 0.25) is 0 Å². The zero-order valence-corrected chi connectivity index (χ0v) is 16.1. The van der Waals surface area contributed by atoms with E-state index in [1.807, 2.05) is 71.4 Å². The third kappa shape index (κ3) is 4.94. The average molecular weight is 386 g/mol. The molecule has 0 aliphatic heterocycles. The highest BCUT2D eigenvalue weighted by Gasteiger charge is 2.19. The number of quaternary nitrogens is 1. The van der Waals surface area contributed by atoms with Gasteiger partial charge in [-0.1, -0.05) is 60.1 Å². The van der Waals surface area contributed by atoms with Gasteiger partial charge in [-0.2, -0.15) is 0 Å². The summed E-state index contributed by atoms with van der Waals surface area (Å²) in [5.41, 5.74) is 2.20. The molecule has 0 saturated heterocycles. The largest absolute Gasteiger partial charge is 0.339 e. The molecule has 0 fully saturated rings. The SMILES string of the molecule is C[C@H]([NH2+]CC(=O)N[C@@H](c1ccccc1)c1cccs1)c1cccc(Cl)c1. The molecule has 2 atom stereocenters. The highest BCUT2D eigenvalue weighted by molar-refractivity contribution is 7.10. The molecule has 0 bridgehead atoms. The van der Waals surface area contributed by atoms with Crippen molar-refractivity contribution in [2.24, 2.45) is 0 Å². The first-order valence-electron chi connectivity index (χ1n) is 8.60. The molecule has 0 aliphatic carbocycles. The molecule has 1 amide bonds. The lowest BCUT2D eigenvalue weighted by atomic mass is 10.1. The van der Waals surface area contributed by atoms with Crippen LogP contribution in [0.1, 0.15) is 35.0 Å². The molecule has 3 nitrogen and oxygen atoms in total. The molecule has 0 saturated carbocycles. The second-order valence-corrected chi connectivity index (χ2v) is 7.63. The van der Waals surface area contributed by atoms with E-state index < -0.39 is 0 Å². The Labute approximate surface area is 163 Å². The number of amides is 1. The maximum Gasteiger partial charge on any atom is 0.275 e. The Morgan fingerprint density at radius 3 is 2.54 bits per heavy atom. The van der Waals surface area contributed by atoms with Gasteiger partial charge in [-0.3, -0.25) is 4.79 Å². The van der Waals surface area contributed by atoms with Crippen LogP contribution in [0.2, 0.25) is 5.02 Å². The lowest BCUT2D eigenvalue weighted by Gasteiger charge is -2.18. The summed E-state index contributed by atoms with van der Waals surface area (Å²) in [5, 5.41) is 7.94. The van der Waals surface area contributed by atoms with Crippen molar-refractivity contribution in [1.82, 2.24) is 5.32 Å². The number of nitrogens with one attached hydrogen (secondary N) is 1. The summed E-state index contributed by atoms with van der Waals surface area (Å²) in [6.07, 6.45) is 0. The minimum Gasteiger partial charge on any atom is -0.339 e. The van der Waals surface area contributed by atoms with Gasteiger partial charge < -0.3 is 10.6 Å². The third-order valence-electron chi connectivity index (χ3n) is 4.30. The molecule has 3 aromatic rings. The summed E-state index contributed by atoms with van der Waals surface area (Å²) in [6.45, 7) is 2.44. The zero-order valence-electron chi connectivity index (χ0n) is 14.6. The normalized spacial score (nSPS) is 13.2. The fourth-order valence-electron chi connectivity index (χ4n) is 2.85. The van der Waals surface area contributed by atoms with Crippen LogP contribution in [0.5, 0.6) is 0 Å². The van der Waals surface area contributed by atoms with Crippen LogP contribution in [0.3, 0.4) is 0 Å². The van der Waals surface area contributed by atoms with Crippen molar-refractivity contribution < 1.29 is 10.1 Å². The van der Waals surface area contributed by atoms with Crippen molar-refractivity contribution >= 4 is 28.8 Å². The van der Waals surface area contributed by atoms with Crippen LogP contribution in [0, 0.1) is 0 Å². The lowest BCUT2D eigenvalue weighted by molar-refractivity contribution is -0.682. The maximum absolute atomic E-state index is 12.6. The van der Waals surface area contributed by atoms with E-state index in [0.29, 0.717) is 11.6 Å². The summed E-state index contributed by atoms with van der Waals surface area (Å²) in [7, 11) is 0. The number of nitrogens with two attached hydrogens (primary N) is 1. The number of carbonyl (C=O) groups is 1. The first kappa shape index (κ1) is 18.6. The average Bonchev–Trinajstić information content (AvgIpc) is 3.19. The molecule has 3 N–H and O–H groups in total. The second-order valence-electron chi connectivity index (χ2n) is 6.21. The van der Waals surface area contributed by atoms with Gasteiger partial charge in [0.05, 0.1) is 6.04 Å². The number of benzene rings is 2. The van der Waals surface area contributed by atoms with Gasteiger partial charge in [-0.05, 0) is 36.1 Å². The Kier molecular flexibility index (Phi) is 6.45. The van der Waals surface area contributed by atoms with E-state index in [1.54, 1.807) is 11.3 Å². The Hall–Kier alpha value is -2.14. The number of hydrogen-bond acceptors (Lipinski definition) is 2. The van der Waals surface area contributed by atoms with Crippen molar-refractivity contribution in [3.63, 3.8) is 0 Å². The summed E-state index contributed by atoms with van der Waals surface area (Å²) in [5.74, 6) is 0.0149. The summed E-state index contributed by atoms with van der Waals surface area (Å²) < 4.78 is 0. The minimum absolute atomic E-state index is 0.0149. The fourth-order valence-corrected chi connectivity index (χ4v) is 3.85. The first-order valence-corrected chi connectivity index (χ1v) is 9.86. The van der Waals surface area contributed by atoms with Gasteiger partial charge >= 0.3 is 0 Å². The van der Waals surface area contributed by atoms with Crippen LogP contribution in [0.25, 0.3) is 0 Å². The van der Waals surface area contributed by atoms with Crippen molar-refractivity contribution in [2.75, 3.05) is 6.54 Å². The molecule has 0 radical (unpaired) electrons. The topological polar surface area (TPSA) is 45.7 Å². The Morgan fingerprint density at radius 2 is 1.85 bits per heavy atom. The monoisotopic (exact) mass is 385 g/mol.